The summed E-state index contributed by atoms with van der Waals surface area (Å²) in [5.41, 5.74) is 0.141. The molecule has 1 atom stereocenters. The fraction of sp³-hybridized carbons (Fsp3) is 0.417. The van der Waals surface area contributed by atoms with Crippen LogP contribution in [0.5, 0.6) is 11.5 Å². The summed E-state index contributed by atoms with van der Waals surface area (Å²) in [7, 11) is -1.30. The Labute approximate surface area is 216 Å². The SMILES string of the molecule is CCCNC(=O)[C@@H](C)N(Cc1ccc(OC)cc1)C(=O)CN(c1cc([N+](=O)[O-])ccc1OC)S(C)(=O)=O. The zero-order valence-corrected chi connectivity index (χ0v) is 22.3. The van der Waals surface area contributed by atoms with E-state index in [0.717, 1.165) is 16.6 Å². The Morgan fingerprint density at radius 3 is 2.27 bits per heavy atom. The number of hydrogen-bond acceptors (Lipinski definition) is 8. The lowest BCUT2D eigenvalue weighted by Gasteiger charge is -2.31. The molecule has 0 saturated heterocycles. The second-order valence-corrected chi connectivity index (χ2v) is 10.1. The number of non-ortho nitro benzene ring substituents is 1. The predicted octanol–water partition coefficient (Wildman–Crippen LogP) is 2.32. The number of amides is 2. The van der Waals surface area contributed by atoms with E-state index in [1.165, 1.54) is 31.3 Å². The van der Waals surface area contributed by atoms with Gasteiger partial charge in [0.25, 0.3) is 5.69 Å². The van der Waals surface area contributed by atoms with Gasteiger partial charge in [0.05, 0.1) is 25.4 Å². The van der Waals surface area contributed by atoms with Gasteiger partial charge in [-0.1, -0.05) is 19.1 Å². The van der Waals surface area contributed by atoms with Gasteiger partial charge in [-0.05, 0) is 37.1 Å². The smallest absolute Gasteiger partial charge is 0.271 e. The van der Waals surface area contributed by atoms with E-state index in [1.807, 2.05) is 6.92 Å². The van der Waals surface area contributed by atoms with Gasteiger partial charge in [0.1, 0.15) is 29.8 Å². The maximum atomic E-state index is 13.6. The number of carbonyl (C=O) groups excluding carboxylic acids is 2. The molecule has 0 spiro atoms. The molecule has 0 heterocycles. The molecular weight excluding hydrogens is 504 g/mol. The van der Waals surface area contributed by atoms with Gasteiger partial charge in [-0.15, -0.1) is 0 Å². The van der Waals surface area contributed by atoms with Gasteiger partial charge in [0.2, 0.25) is 21.8 Å². The van der Waals surface area contributed by atoms with Crippen LogP contribution in [0, 0.1) is 10.1 Å². The maximum Gasteiger partial charge on any atom is 0.271 e. The minimum absolute atomic E-state index is 0.00716. The number of carbonyl (C=O) groups is 2. The number of methoxy groups -OCH3 is 2. The Kier molecular flexibility index (Phi) is 10.2. The number of nitro benzene ring substituents is 1. The first kappa shape index (κ1) is 29.4. The van der Waals surface area contributed by atoms with Crippen molar-refractivity contribution < 1.29 is 32.4 Å². The van der Waals surface area contributed by atoms with E-state index in [0.29, 0.717) is 24.3 Å². The highest BCUT2D eigenvalue weighted by molar-refractivity contribution is 7.92. The van der Waals surface area contributed by atoms with Crippen molar-refractivity contribution in [2.75, 3.05) is 37.9 Å². The Hall–Kier alpha value is -3.87. The highest BCUT2D eigenvalue weighted by atomic mass is 32.2. The van der Waals surface area contributed by atoms with Gasteiger partial charge in [0, 0.05) is 25.2 Å². The van der Waals surface area contributed by atoms with Crippen molar-refractivity contribution in [1.29, 1.82) is 0 Å². The van der Waals surface area contributed by atoms with Crippen molar-refractivity contribution in [2.45, 2.75) is 32.9 Å². The Morgan fingerprint density at radius 2 is 1.76 bits per heavy atom. The number of ether oxygens (including phenoxy) is 2. The number of nitro groups is 1. The molecule has 2 aromatic rings. The summed E-state index contributed by atoms with van der Waals surface area (Å²) in [6, 6.07) is 9.38. The van der Waals surface area contributed by atoms with Gasteiger partial charge in [0.15, 0.2) is 0 Å². The molecule has 0 radical (unpaired) electrons. The molecule has 202 valence electrons. The van der Waals surface area contributed by atoms with Crippen molar-refractivity contribution in [3.63, 3.8) is 0 Å². The quantitative estimate of drug-likeness (QED) is 0.303. The van der Waals surface area contributed by atoms with E-state index < -0.39 is 39.3 Å². The topological polar surface area (TPSA) is 148 Å². The number of nitrogens with one attached hydrogen (secondary N) is 1. The van der Waals surface area contributed by atoms with Crippen LogP contribution in [0.2, 0.25) is 0 Å². The zero-order valence-electron chi connectivity index (χ0n) is 21.5. The van der Waals surface area contributed by atoms with E-state index in [2.05, 4.69) is 5.32 Å². The first-order valence-electron chi connectivity index (χ1n) is 11.4. The summed E-state index contributed by atoms with van der Waals surface area (Å²) in [4.78, 5) is 38.2. The molecule has 0 aliphatic rings. The molecule has 2 aromatic carbocycles. The highest BCUT2D eigenvalue weighted by Gasteiger charge is 2.32. The number of sulfonamides is 1. The average molecular weight is 537 g/mol. The first-order chi connectivity index (χ1) is 17.4. The van der Waals surface area contributed by atoms with Crippen LogP contribution in [0.3, 0.4) is 0 Å². The molecule has 1 N–H and O–H groups in total. The molecule has 0 aliphatic carbocycles. The van der Waals surface area contributed by atoms with Crippen LogP contribution >= 0.6 is 0 Å². The van der Waals surface area contributed by atoms with Crippen molar-refractivity contribution >= 4 is 33.2 Å². The van der Waals surface area contributed by atoms with Gasteiger partial charge in [-0.3, -0.25) is 24.0 Å². The van der Waals surface area contributed by atoms with Crippen LogP contribution in [-0.4, -0.2) is 69.7 Å². The van der Waals surface area contributed by atoms with Crippen molar-refractivity contribution in [3.05, 3.63) is 58.1 Å². The van der Waals surface area contributed by atoms with Crippen LogP contribution in [0.15, 0.2) is 42.5 Å². The normalized spacial score (nSPS) is 11.8. The third-order valence-corrected chi connectivity index (χ3v) is 6.68. The second kappa shape index (κ2) is 12.9. The Bertz CT molecular complexity index is 1220. The van der Waals surface area contributed by atoms with Crippen LogP contribution in [-0.2, 0) is 26.2 Å². The molecule has 0 bridgehead atoms. The molecule has 0 saturated carbocycles. The molecular formula is C24H32N4O8S. The van der Waals surface area contributed by atoms with E-state index in [4.69, 9.17) is 9.47 Å². The van der Waals surface area contributed by atoms with E-state index in [-0.39, 0.29) is 23.7 Å². The van der Waals surface area contributed by atoms with E-state index in [1.54, 1.807) is 31.2 Å². The van der Waals surface area contributed by atoms with Gasteiger partial charge in [-0.2, -0.15) is 0 Å². The predicted molar refractivity (Wildman–Crippen MR) is 138 cm³/mol. The fourth-order valence-corrected chi connectivity index (χ4v) is 4.33. The minimum atomic E-state index is -4.10. The average Bonchev–Trinajstić information content (AvgIpc) is 2.87. The van der Waals surface area contributed by atoms with Gasteiger partial charge in [-0.25, -0.2) is 8.42 Å². The van der Waals surface area contributed by atoms with Crippen LogP contribution < -0.4 is 19.1 Å². The first-order valence-corrected chi connectivity index (χ1v) is 13.3. The van der Waals surface area contributed by atoms with Crippen LogP contribution in [0.4, 0.5) is 11.4 Å². The van der Waals surface area contributed by atoms with Crippen molar-refractivity contribution in [1.82, 2.24) is 10.2 Å². The molecule has 0 fully saturated rings. The molecule has 2 rings (SSSR count). The fourth-order valence-electron chi connectivity index (χ4n) is 3.49. The molecule has 2 amide bonds. The number of rotatable bonds is 13. The van der Waals surface area contributed by atoms with Gasteiger partial charge < -0.3 is 19.7 Å². The van der Waals surface area contributed by atoms with Crippen LogP contribution in [0.25, 0.3) is 0 Å². The molecule has 12 nitrogen and oxygen atoms in total. The number of nitrogens with zero attached hydrogens (tertiary/aromatic N) is 3. The number of anilines is 1. The van der Waals surface area contributed by atoms with Crippen molar-refractivity contribution in [3.8, 4) is 11.5 Å². The standard InChI is InChI=1S/C24H32N4O8S/c1-6-13-25-24(30)17(2)26(15-18-7-10-20(35-3)11-8-18)23(29)16-27(37(5,33)34)21-14-19(28(31)32)9-12-22(21)36-4/h7-12,14,17H,6,13,15-16H2,1-5H3,(H,25,30)/t17-/m1/s1. The highest BCUT2D eigenvalue weighted by Crippen LogP contribution is 2.34. The zero-order chi connectivity index (χ0) is 27.8. The third kappa shape index (κ3) is 7.81. The summed E-state index contributed by atoms with van der Waals surface area (Å²) in [6.07, 6.45) is 1.57. The lowest BCUT2D eigenvalue weighted by molar-refractivity contribution is -0.384. The molecule has 0 aromatic heterocycles. The van der Waals surface area contributed by atoms with Crippen LogP contribution in [0.1, 0.15) is 25.8 Å². The summed E-state index contributed by atoms with van der Waals surface area (Å²) in [5, 5.41) is 14.1. The van der Waals surface area contributed by atoms with E-state index in [9.17, 15) is 28.1 Å². The van der Waals surface area contributed by atoms with Crippen molar-refractivity contribution in [2.24, 2.45) is 0 Å². The van der Waals surface area contributed by atoms with Gasteiger partial charge >= 0.3 is 0 Å². The molecule has 0 unspecified atom stereocenters. The Morgan fingerprint density at radius 1 is 1.11 bits per heavy atom. The second-order valence-electron chi connectivity index (χ2n) is 8.22. The maximum absolute atomic E-state index is 13.6. The summed E-state index contributed by atoms with van der Waals surface area (Å²) < 4.78 is 36.6. The number of benzene rings is 2. The summed E-state index contributed by atoms with van der Waals surface area (Å²) >= 11 is 0. The Balaban J connectivity index is 2.49. The summed E-state index contributed by atoms with van der Waals surface area (Å²) in [6.45, 7) is 3.14. The lowest BCUT2D eigenvalue weighted by atomic mass is 10.1. The molecule has 37 heavy (non-hydrogen) atoms. The lowest BCUT2D eigenvalue weighted by Crippen LogP contribution is -2.51. The third-order valence-electron chi connectivity index (χ3n) is 5.55. The summed E-state index contributed by atoms with van der Waals surface area (Å²) in [5.74, 6) is -0.452. The largest absolute Gasteiger partial charge is 0.497 e. The number of hydrogen-bond donors (Lipinski definition) is 1. The monoisotopic (exact) mass is 536 g/mol. The molecule has 0 aliphatic heterocycles. The molecule has 13 heteroatoms. The minimum Gasteiger partial charge on any atom is -0.497 e. The van der Waals surface area contributed by atoms with E-state index >= 15 is 0 Å².